The van der Waals surface area contributed by atoms with E-state index in [0.717, 1.165) is 0 Å². The number of amides is 3. The highest BCUT2D eigenvalue weighted by Crippen LogP contribution is 2.36. The lowest BCUT2D eigenvalue weighted by Crippen LogP contribution is -2.37. The number of nitrogens with zero attached hydrogens (tertiary/aromatic N) is 1. The fraction of sp³-hybridized carbons (Fsp3) is 0.222. The van der Waals surface area contributed by atoms with Crippen LogP contribution < -0.4 is 25.0 Å². The van der Waals surface area contributed by atoms with Crippen LogP contribution in [-0.4, -0.2) is 38.1 Å². The summed E-state index contributed by atoms with van der Waals surface area (Å²) in [4.78, 5) is 25.5. The first-order chi connectivity index (χ1) is 13.1. The van der Waals surface area contributed by atoms with Crippen molar-refractivity contribution in [3.63, 3.8) is 0 Å². The van der Waals surface area contributed by atoms with E-state index in [0.29, 0.717) is 17.2 Å². The number of urea groups is 1. The van der Waals surface area contributed by atoms with Gasteiger partial charge < -0.3 is 24.8 Å². The van der Waals surface area contributed by atoms with Crippen LogP contribution in [0, 0.1) is 5.82 Å². The minimum atomic E-state index is -0.585. The van der Waals surface area contributed by atoms with E-state index in [4.69, 9.17) is 14.2 Å². The number of para-hydroxylation sites is 1. The highest BCUT2D eigenvalue weighted by atomic mass is 19.1. The highest BCUT2D eigenvalue weighted by Gasteiger charge is 2.33. The maximum atomic E-state index is 13.5. The Morgan fingerprint density at radius 1 is 1.19 bits per heavy atom. The molecule has 27 heavy (non-hydrogen) atoms. The molecule has 0 aliphatic carbocycles. The standard InChI is InChI=1S/C18H16FN3O5/c19-13-3-1-2-4-14(13)21-17(23)20-8-12-9-22(18(24)27-12)11-5-6-15-16(7-11)26-10-25-15/h1-7,12H,8-10H2,(H2,20,21,23)/t12-/m0/s1. The number of ether oxygens (including phenoxy) is 3. The van der Waals surface area contributed by atoms with Crippen molar-refractivity contribution < 1.29 is 28.2 Å². The summed E-state index contributed by atoms with van der Waals surface area (Å²) in [7, 11) is 0. The molecule has 140 valence electrons. The van der Waals surface area contributed by atoms with Crippen molar-refractivity contribution in [1.29, 1.82) is 0 Å². The van der Waals surface area contributed by atoms with E-state index < -0.39 is 24.0 Å². The van der Waals surface area contributed by atoms with Gasteiger partial charge in [0.2, 0.25) is 6.79 Å². The lowest BCUT2D eigenvalue weighted by atomic mass is 10.2. The second kappa shape index (κ2) is 7.02. The number of fused-ring (bicyclic) bond motifs is 1. The molecule has 2 aliphatic heterocycles. The molecule has 9 heteroatoms. The van der Waals surface area contributed by atoms with E-state index in [1.165, 1.54) is 23.1 Å². The van der Waals surface area contributed by atoms with E-state index in [9.17, 15) is 14.0 Å². The van der Waals surface area contributed by atoms with Crippen LogP contribution in [0.15, 0.2) is 42.5 Å². The third kappa shape index (κ3) is 3.57. The zero-order chi connectivity index (χ0) is 18.8. The van der Waals surface area contributed by atoms with Crippen molar-refractivity contribution >= 4 is 23.5 Å². The Kier molecular flexibility index (Phi) is 4.41. The van der Waals surface area contributed by atoms with Gasteiger partial charge in [0.15, 0.2) is 11.5 Å². The summed E-state index contributed by atoms with van der Waals surface area (Å²) in [6, 6.07) is 10.4. The highest BCUT2D eigenvalue weighted by molar-refractivity contribution is 5.91. The summed E-state index contributed by atoms with van der Waals surface area (Å²) in [5, 5.41) is 4.98. The molecule has 1 atom stereocenters. The van der Waals surface area contributed by atoms with Crippen LogP contribution in [-0.2, 0) is 4.74 Å². The van der Waals surface area contributed by atoms with Crippen LogP contribution in [0.1, 0.15) is 0 Å². The molecule has 0 bridgehead atoms. The lowest BCUT2D eigenvalue weighted by Gasteiger charge is -2.14. The molecule has 0 aromatic heterocycles. The van der Waals surface area contributed by atoms with E-state index in [1.807, 2.05) is 0 Å². The van der Waals surface area contributed by atoms with Crippen molar-refractivity contribution in [3.8, 4) is 11.5 Å². The molecule has 3 amide bonds. The molecule has 0 saturated carbocycles. The summed E-state index contributed by atoms with van der Waals surface area (Å²) < 4.78 is 29.4. The predicted molar refractivity (Wildman–Crippen MR) is 93.6 cm³/mol. The minimum Gasteiger partial charge on any atom is -0.454 e. The zero-order valence-electron chi connectivity index (χ0n) is 14.1. The predicted octanol–water partition coefficient (Wildman–Crippen LogP) is 2.70. The SMILES string of the molecule is O=C(NC[C@H]1CN(c2ccc3c(c2)OCO3)C(=O)O1)Nc1ccccc1F. The number of benzene rings is 2. The Morgan fingerprint density at radius 3 is 2.85 bits per heavy atom. The number of hydrogen-bond donors (Lipinski definition) is 2. The van der Waals surface area contributed by atoms with Gasteiger partial charge in [-0.15, -0.1) is 0 Å². The summed E-state index contributed by atoms with van der Waals surface area (Å²) in [5.74, 6) is 0.648. The maximum absolute atomic E-state index is 13.5. The fourth-order valence-corrected chi connectivity index (χ4v) is 2.83. The Morgan fingerprint density at radius 2 is 2.00 bits per heavy atom. The van der Waals surface area contributed by atoms with E-state index in [2.05, 4.69) is 10.6 Å². The molecule has 8 nitrogen and oxygen atoms in total. The van der Waals surface area contributed by atoms with Gasteiger partial charge in [-0.2, -0.15) is 0 Å². The minimum absolute atomic E-state index is 0.0698. The molecular weight excluding hydrogens is 357 g/mol. The number of cyclic esters (lactones) is 1. The van der Waals surface area contributed by atoms with Crippen LogP contribution in [0.5, 0.6) is 11.5 Å². The number of carbonyl (C=O) groups excluding carboxylic acids is 2. The van der Waals surface area contributed by atoms with Gasteiger partial charge in [0, 0.05) is 6.07 Å². The molecule has 2 heterocycles. The monoisotopic (exact) mass is 373 g/mol. The van der Waals surface area contributed by atoms with Crippen molar-refractivity contribution in [2.75, 3.05) is 30.1 Å². The van der Waals surface area contributed by atoms with Gasteiger partial charge in [-0.05, 0) is 24.3 Å². The lowest BCUT2D eigenvalue weighted by molar-refractivity contribution is 0.141. The van der Waals surface area contributed by atoms with Crippen LogP contribution in [0.2, 0.25) is 0 Å². The number of rotatable bonds is 4. The first-order valence-corrected chi connectivity index (χ1v) is 8.27. The molecule has 0 unspecified atom stereocenters. The molecule has 1 saturated heterocycles. The number of carbonyl (C=O) groups is 2. The van der Waals surface area contributed by atoms with Gasteiger partial charge in [-0.3, -0.25) is 4.90 Å². The number of hydrogen-bond acceptors (Lipinski definition) is 5. The molecule has 4 rings (SSSR count). The van der Waals surface area contributed by atoms with Crippen molar-refractivity contribution in [1.82, 2.24) is 5.32 Å². The number of halogens is 1. The summed E-state index contributed by atoms with van der Waals surface area (Å²) >= 11 is 0. The Bertz CT molecular complexity index is 891. The van der Waals surface area contributed by atoms with Crippen LogP contribution >= 0.6 is 0 Å². The average molecular weight is 373 g/mol. The Balaban J connectivity index is 1.33. The largest absolute Gasteiger partial charge is 0.454 e. The smallest absolute Gasteiger partial charge is 0.414 e. The second-order valence-electron chi connectivity index (χ2n) is 5.97. The Labute approximate surface area is 153 Å². The first-order valence-electron chi connectivity index (χ1n) is 8.27. The van der Waals surface area contributed by atoms with Crippen molar-refractivity contribution in [3.05, 3.63) is 48.3 Å². The third-order valence-corrected chi connectivity index (χ3v) is 4.15. The quantitative estimate of drug-likeness (QED) is 0.860. The molecule has 2 N–H and O–H groups in total. The first kappa shape index (κ1) is 17.0. The molecule has 2 aromatic carbocycles. The van der Waals surface area contributed by atoms with Gasteiger partial charge in [-0.25, -0.2) is 14.0 Å². The van der Waals surface area contributed by atoms with E-state index in [-0.39, 0.29) is 25.6 Å². The molecule has 0 radical (unpaired) electrons. The zero-order valence-corrected chi connectivity index (χ0v) is 14.1. The molecule has 1 fully saturated rings. The van der Waals surface area contributed by atoms with Crippen molar-refractivity contribution in [2.24, 2.45) is 0 Å². The molecule has 2 aromatic rings. The fourth-order valence-electron chi connectivity index (χ4n) is 2.83. The molecular formula is C18H16FN3O5. The van der Waals surface area contributed by atoms with Gasteiger partial charge in [0.25, 0.3) is 0 Å². The van der Waals surface area contributed by atoms with Crippen LogP contribution in [0.25, 0.3) is 0 Å². The molecule has 0 spiro atoms. The van der Waals surface area contributed by atoms with E-state index >= 15 is 0 Å². The maximum Gasteiger partial charge on any atom is 0.414 e. The van der Waals surface area contributed by atoms with Crippen LogP contribution in [0.3, 0.4) is 0 Å². The van der Waals surface area contributed by atoms with E-state index in [1.54, 1.807) is 24.3 Å². The van der Waals surface area contributed by atoms with Gasteiger partial charge >= 0.3 is 12.1 Å². The average Bonchev–Trinajstić information content (AvgIpc) is 3.27. The number of nitrogens with one attached hydrogen (secondary N) is 2. The van der Waals surface area contributed by atoms with Gasteiger partial charge in [0.05, 0.1) is 24.5 Å². The summed E-state index contributed by atoms with van der Waals surface area (Å²) in [5.41, 5.74) is 0.683. The number of anilines is 2. The van der Waals surface area contributed by atoms with Gasteiger partial charge in [0.1, 0.15) is 11.9 Å². The Hall–Kier alpha value is -3.49. The summed E-state index contributed by atoms with van der Waals surface area (Å²) in [6.07, 6.45) is -1.05. The second-order valence-corrected chi connectivity index (χ2v) is 5.97. The molecule has 2 aliphatic rings. The van der Waals surface area contributed by atoms with Gasteiger partial charge in [-0.1, -0.05) is 12.1 Å². The normalized spacial score (nSPS) is 17.6. The third-order valence-electron chi connectivity index (χ3n) is 4.15. The topological polar surface area (TPSA) is 89.1 Å². The van der Waals surface area contributed by atoms with Crippen molar-refractivity contribution in [2.45, 2.75) is 6.10 Å². The summed E-state index contributed by atoms with van der Waals surface area (Å²) in [6.45, 7) is 0.498. The van der Waals surface area contributed by atoms with Crippen LogP contribution in [0.4, 0.5) is 25.4 Å².